The van der Waals surface area contributed by atoms with Crippen molar-refractivity contribution in [3.63, 3.8) is 0 Å². The Labute approximate surface area is 140 Å². The van der Waals surface area contributed by atoms with E-state index in [4.69, 9.17) is 21.1 Å². The van der Waals surface area contributed by atoms with Gasteiger partial charge in [0.05, 0.1) is 19.3 Å². The van der Waals surface area contributed by atoms with Gasteiger partial charge < -0.3 is 14.6 Å². The fourth-order valence-corrected chi connectivity index (χ4v) is 2.92. The molecule has 0 radical (unpaired) electrons. The molecule has 1 aliphatic rings. The van der Waals surface area contributed by atoms with Crippen LogP contribution in [0.15, 0.2) is 42.7 Å². The van der Waals surface area contributed by atoms with E-state index in [0.29, 0.717) is 30.7 Å². The normalized spacial score (nSPS) is 23.8. The molecular weight excluding hydrogens is 316 g/mol. The molecule has 3 rings (SSSR count). The molecule has 0 saturated heterocycles. The van der Waals surface area contributed by atoms with Gasteiger partial charge >= 0.3 is 0 Å². The number of benzene rings is 1. The molecule has 1 aromatic heterocycles. The molecule has 1 heterocycles. The standard InChI is InChI=1S/C17H19ClN2O3/c18-16-8-17(20-11-19-16)23-14-6-13(15(21)7-14)10-22-9-12-4-2-1-3-5-12/h1-5,8,11,13-15,21H,6-7,9-10H2/t13-,14-,15+/m1/s1. The van der Waals surface area contributed by atoms with E-state index in [1.165, 1.54) is 6.33 Å². The molecule has 0 amide bonds. The SMILES string of the molecule is O[C@H]1C[C@H](Oc2cc(Cl)ncn2)C[C@@H]1COCc1ccccc1. The van der Waals surface area contributed by atoms with E-state index in [9.17, 15) is 5.11 Å². The van der Waals surface area contributed by atoms with Gasteiger partial charge in [0.1, 0.15) is 17.6 Å². The van der Waals surface area contributed by atoms with Gasteiger partial charge in [0, 0.05) is 18.4 Å². The van der Waals surface area contributed by atoms with E-state index in [1.807, 2.05) is 30.3 Å². The first-order valence-electron chi connectivity index (χ1n) is 7.64. The van der Waals surface area contributed by atoms with E-state index < -0.39 is 6.10 Å². The van der Waals surface area contributed by atoms with Crippen LogP contribution in [-0.2, 0) is 11.3 Å². The van der Waals surface area contributed by atoms with Crippen molar-refractivity contribution >= 4 is 11.6 Å². The summed E-state index contributed by atoms with van der Waals surface area (Å²) in [5.74, 6) is 0.508. The smallest absolute Gasteiger partial charge is 0.218 e. The van der Waals surface area contributed by atoms with Crippen LogP contribution in [-0.4, -0.2) is 33.9 Å². The van der Waals surface area contributed by atoms with Gasteiger partial charge in [0.15, 0.2) is 0 Å². The zero-order chi connectivity index (χ0) is 16.1. The van der Waals surface area contributed by atoms with Crippen LogP contribution in [0.3, 0.4) is 0 Å². The van der Waals surface area contributed by atoms with Crippen molar-refractivity contribution in [3.8, 4) is 5.88 Å². The Morgan fingerprint density at radius 1 is 1.17 bits per heavy atom. The summed E-state index contributed by atoms with van der Waals surface area (Å²) in [6.07, 6.45) is 2.16. The van der Waals surface area contributed by atoms with E-state index in [2.05, 4.69) is 9.97 Å². The topological polar surface area (TPSA) is 64.5 Å². The number of hydrogen-bond acceptors (Lipinski definition) is 5. The van der Waals surface area contributed by atoms with E-state index in [-0.39, 0.29) is 12.0 Å². The van der Waals surface area contributed by atoms with Gasteiger partial charge in [0.2, 0.25) is 5.88 Å². The summed E-state index contributed by atoms with van der Waals surface area (Å²) in [7, 11) is 0. The number of nitrogens with zero attached hydrogens (tertiary/aromatic N) is 2. The number of rotatable bonds is 6. The van der Waals surface area contributed by atoms with Crippen molar-refractivity contribution in [3.05, 3.63) is 53.4 Å². The van der Waals surface area contributed by atoms with E-state index >= 15 is 0 Å². The Morgan fingerprint density at radius 2 is 2.00 bits per heavy atom. The zero-order valence-corrected chi connectivity index (χ0v) is 13.4. The zero-order valence-electron chi connectivity index (χ0n) is 12.6. The van der Waals surface area contributed by atoms with Gasteiger partial charge in [-0.2, -0.15) is 0 Å². The second-order valence-electron chi connectivity index (χ2n) is 5.72. The minimum Gasteiger partial charge on any atom is -0.474 e. The van der Waals surface area contributed by atoms with Gasteiger partial charge in [-0.3, -0.25) is 0 Å². The molecule has 1 N–H and O–H groups in total. The first-order valence-corrected chi connectivity index (χ1v) is 8.02. The monoisotopic (exact) mass is 334 g/mol. The van der Waals surface area contributed by atoms with Crippen LogP contribution in [0.25, 0.3) is 0 Å². The summed E-state index contributed by atoms with van der Waals surface area (Å²) in [5, 5.41) is 10.5. The van der Waals surface area contributed by atoms with E-state index in [0.717, 1.165) is 12.0 Å². The Hall–Kier alpha value is -1.69. The first-order chi connectivity index (χ1) is 11.2. The number of aliphatic hydroxyl groups is 1. The molecule has 122 valence electrons. The lowest BCUT2D eigenvalue weighted by atomic mass is 10.1. The van der Waals surface area contributed by atoms with Gasteiger partial charge in [-0.05, 0) is 12.0 Å². The van der Waals surface area contributed by atoms with Crippen molar-refractivity contribution in [1.82, 2.24) is 9.97 Å². The van der Waals surface area contributed by atoms with Crippen LogP contribution in [0.2, 0.25) is 5.15 Å². The van der Waals surface area contributed by atoms with Crippen molar-refractivity contribution in [2.75, 3.05) is 6.61 Å². The maximum Gasteiger partial charge on any atom is 0.218 e. The highest BCUT2D eigenvalue weighted by Crippen LogP contribution is 2.30. The van der Waals surface area contributed by atoms with Gasteiger partial charge in [0.25, 0.3) is 0 Å². The van der Waals surface area contributed by atoms with Crippen molar-refractivity contribution in [2.45, 2.75) is 31.7 Å². The molecule has 1 aliphatic carbocycles. The van der Waals surface area contributed by atoms with Crippen molar-refractivity contribution in [2.24, 2.45) is 5.92 Å². The van der Waals surface area contributed by atoms with Crippen molar-refractivity contribution in [1.29, 1.82) is 0 Å². The average molecular weight is 335 g/mol. The highest BCUT2D eigenvalue weighted by molar-refractivity contribution is 6.29. The molecule has 1 aromatic carbocycles. The lowest BCUT2D eigenvalue weighted by molar-refractivity contribution is 0.0367. The third-order valence-electron chi connectivity index (χ3n) is 3.95. The lowest BCUT2D eigenvalue weighted by Crippen LogP contribution is -2.18. The minimum absolute atomic E-state index is 0.0704. The Kier molecular flexibility index (Phi) is 5.43. The number of ether oxygens (including phenoxy) is 2. The molecule has 23 heavy (non-hydrogen) atoms. The number of halogens is 1. The molecule has 0 unspecified atom stereocenters. The molecule has 5 nitrogen and oxygen atoms in total. The van der Waals surface area contributed by atoms with Crippen LogP contribution in [0.5, 0.6) is 5.88 Å². The molecule has 0 bridgehead atoms. The quantitative estimate of drug-likeness (QED) is 0.823. The molecule has 1 saturated carbocycles. The van der Waals surface area contributed by atoms with Crippen LogP contribution in [0.1, 0.15) is 18.4 Å². The fraction of sp³-hybridized carbons (Fsp3) is 0.412. The Morgan fingerprint density at radius 3 is 2.78 bits per heavy atom. The minimum atomic E-state index is -0.423. The second-order valence-corrected chi connectivity index (χ2v) is 6.11. The number of aromatic nitrogens is 2. The molecular formula is C17H19ClN2O3. The highest BCUT2D eigenvalue weighted by atomic mass is 35.5. The summed E-state index contributed by atoms with van der Waals surface area (Å²) < 4.78 is 11.5. The summed E-state index contributed by atoms with van der Waals surface area (Å²) in [6.45, 7) is 1.07. The predicted octanol–water partition coefficient (Wildman–Crippen LogP) is 2.87. The van der Waals surface area contributed by atoms with E-state index in [1.54, 1.807) is 6.07 Å². The lowest BCUT2D eigenvalue weighted by Gasteiger charge is -2.14. The van der Waals surface area contributed by atoms with Crippen LogP contribution < -0.4 is 4.74 Å². The third kappa shape index (κ3) is 4.64. The van der Waals surface area contributed by atoms with Crippen LogP contribution in [0, 0.1) is 5.92 Å². The summed E-state index contributed by atoms with van der Waals surface area (Å²) in [5.41, 5.74) is 1.13. The van der Waals surface area contributed by atoms with Crippen LogP contribution >= 0.6 is 11.6 Å². The molecule has 6 heteroatoms. The predicted molar refractivity (Wildman–Crippen MR) is 86.3 cm³/mol. The van der Waals surface area contributed by atoms with Crippen LogP contribution in [0.4, 0.5) is 0 Å². The maximum absolute atomic E-state index is 10.2. The molecule has 3 atom stereocenters. The molecule has 0 spiro atoms. The average Bonchev–Trinajstić information content (AvgIpc) is 2.88. The summed E-state index contributed by atoms with van der Waals surface area (Å²) >= 11 is 5.81. The summed E-state index contributed by atoms with van der Waals surface area (Å²) in [6, 6.07) is 11.6. The third-order valence-corrected chi connectivity index (χ3v) is 4.16. The number of aliphatic hydroxyl groups excluding tert-OH is 1. The van der Waals surface area contributed by atoms with Crippen molar-refractivity contribution < 1.29 is 14.6 Å². The Balaban J connectivity index is 1.46. The fourth-order valence-electron chi connectivity index (χ4n) is 2.78. The molecule has 2 aromatic rings. The second kappa shape index (κ2) is 7.73. The summed E-state index contributed by atoms with van der Waals surface area (Å²) in [4.78, 5) is 7.84. The maximum atomic E-state index is 10.2. The largest absolute Gasteiger partial charge is 0.474 e. The Bertz CT molecular complexity index is 626. The number of hydrogen-bond donors (Lipinski definition) is 1. The van der Waals surface area contributed by atoms with Gasteiger partial charge in [-0.15, -0.1) is 0 Å². The van der Waals surface area contributed by atoms with Gasteiger partial charge in [-0.25, -0.2) is 9.97 Å². The molecule has 1 fully saturated rings. The van der Waals surface area contributed by atoms with Gasteiger partial charge in [-0.1, -0.05) is 41.9 Å². The first kappa shape index (κ1) is 16.2. The highest BCUT2D eigenvalue weighted by Gasteiger charge is 2.34. The molecule has 0 aliphatic heterocycles.